The Morgan fingerprint density at radius 2 is 1.84 bits per heavy atom. The van der Waals surface area contributed by atoms with Crippen LogP contribution in [0.2, 0.25) is 0 Å². The molecular weight excluding hydrogens is 314 g/mol. The van der Waals surface area contributed by atoms with Crippen LogP contribution >= 0.6 is 0 Å². The fourth-order valence-corrected chi connectivity index (χ4v) is 3.47. The molecule has 1 unspecified atom stereocenters. The van der Waals surface area contributed by atoms with Gasteiger partial charge in [0.15, 0.2) is 0 Å². The van der Waals surface area contributed by atoms with Crippen LogP contribution in [-0.4, -0.2) is 41.7 Å². The van der Waals surface area contributed by atoms with Gasteiger partial charge in [0.05, 0.1) is 6.61 Å². The van der Waals surface area contributed by atoms with Gasteiger partial charge in [-0.15, -0.1) is 0 Å². The maximum Gasteiger partial charge on any atom is 0.315 e. The lowest BCUT2D eigenvalue weighted by Gasteiger charge is -2.38. The molecule has 5 nitrogen and oxygen atoms in total. The summed E-state index contributed by atoms with van der Waals surface area (Å²) >= 11 is 0. The van der Waals surface area contributed by atoms with Crippen molar-refractivity contribution in [3.63, 3.8) is 0 Å². The molecule has 1 aliphatic heterocycles. The van der Waals surface area contributed by atoms with E-state index in [0.717, 1.165) is 30.1 Å². The number of hydrogen-bond donors (Lipinski definition) is 3. The predicted octanol–water partition coefficient (Wildman–Crippen LogP) is 2.73. The fraction of sp³-hybridized carbons (Fsp3) is 0.650. The molecular formula is C20H33N3O2. The summed E-state index contributed by atoms with van der Waals surface area (Å²) < 4.78 is 0. The molecule has 1 saturated heterocycles. The lowest BCUT2D eigenvalue weighted by Crippen LogP contribution is -2.51. The minimum absolute atomic E-state index is 0.0116. The van der Waals surface area contributed by atoms with Gasteiger partial charge in [0.25, 0.3) is 0 Å². The second-order valence-corrected chi connectivity index (χ2v) is 7.52. The molecule has 1 aromatic carbocycles. The minimum Gasteiger partial charge on any atom is -0.392 e. The number of urea groups is 1. The first-order valence-electron chi connectivity index (χ1n) is 9.44. The van der Waals surface area contributed by atoms with E-state index in [9.17, 15) is 9.90 Å². The average molecular weight is 348 g/mol. The first-order chi connectivity index (χ1) is 12.0. The molecule has 0 radical (unpaired) electrons. The predicted molar refractivity (Wildman–Crippen MR) is 101 cm³/mol. The van der Waals surface area contributed by atoms with E-state index in [-0.39, 0.29) is 12.6 Å². The summed E-state index contributed by atoms with van der Waals surface area (Å²) in [5.74, 6) is 1.32. The van der Waals surface area contributed by atoms with Gasteiger partial charge < -0.3 is 15.7 Å². The summed E-state index contributed by atoms with van der Waals surface area (Å²) in [6.07, 6.45) is 2.49. The highest BCUT2D eigenvalue weighted by Gasteiger charge is 2.25. The molecule has 0 aromatic heterocycles. The summed E-state index contributed by atoms with van der Waals surface area (Å²) in [7, 11) is 0. The molecule has 1 fully saturated rings. The third-order valence-corrected chi connectivity index (χ3v) is 5.26. The van der Waals surface area contributed by atoms with Crippen LogP contribution in [0.15, 0.2) is 24.3 Å². The molecule has 3 N–H and O–H groups in total. The Kier molecular flexibility index (Phi) is 7.72. The lowest BCUT2D eigenvalue weighted by atomic mass is 9.94. The number of likely N-dealkylation sites (tertiary alicyclic amines) is 1. The van der Waals surface area contributed by atoms with E-state index in [1.807, 2.05) is 24.3 Å². The number of hydrogen-bond acceptors (Lipinski definition) is 3. The number of aliphatic hydroxyl groups is 1. The highest BCUT2D eigenvalue weighted by molar-refractivity contribution is 5.73. The highest BCUT2D eigenvalue weighted by atomic mass is 16.3. The van der Waals surface area contributed by atoms with Crippen LogP contribution in [0, 0.1) is 11.8 Å². The number of piperidine rings is 1. The Bertz CT molecular complexity index is 539. The zero-order chi connectivity index (χ0) is 18.2. The van der Waals surface area contributed by atoms with Crippen molar-refractivity contribution in [1.82, 2.24) is 15.5 Å². The summed E-state index contributed by atoms with van der Waals surface area (Å²) in [4.78, 5) is 14.7. The van der Waals surface area contributed by atoms with E-state index in [0.29, 0.717) is 25.0 Å². The maximum atomic E-state index is 12.2. The molecule has 5 heteroatoms. The zero-order valence-corrected chi connectivity index (χ0v) is 15.8. The van der Waals surface area contributed by atoms with Crippen molar-refractivity contribution in [2.45, 2.75) is 52.8 Å². The molecule has 0 aliphatic carbocycles. The van der Waals surface area contributed by atoms with Crippen molar-refractivity contribution in [2.75, 3.05) is 19.6 Å². The zero-order valence-electron chi connectivity index (χ0n) is 15.8. The smallest absolute Gasteiger partial charge is 0.315 e. The van der Waals surface area contributed by atoms with Crippen LogP contribution in [0.4, 0.5) is 4.79 Å². The van der Waals surface area contributed by atoms with E-state index >= 15 is 0 Å². The third kappa shape index (κ3) is 6.01. The lowest BCUT2D eigenvalue weighted by molar-refractivity contribution is 0.108. The quantitative estimate of drug-likeness (QED) is 0.711. The summed E-state index contributed by atoms with van der Waals surface area (Å²) in [6.45, 7) is 10.1. The molecule has 0 spiro atoms. The molecule has 25 heavy (non-hydrogen) atoms. The Morgan fingerprint density at radius 3 is 2.44 bits per heavy atom. The monoisotopic (exact) mass is 347 g/mol. The SMILES string of the molecule is CC1CCN(C(CNC(=O)NCc2ccccc2CO)C(C)C)CC1. The average Bonchev–Trinajstić information content (AvgIpc) is 2.61. The van der Waals surface area contributed by atoms with Crippen LogP contribution < -0.4 is 10.6 Å². The van der Waals surface area contributed by atoms with E-state index in [1.54, 1.807) is 0 Å². The van der Waals surface area contributed by atoms with E-state index in [4.69, 9.17) is 0 Å². The van der Waals surface area contributed by atoms with Gasteiger partial charge in [-0.2, -0.15) is 0 Å². The highest BCUT2D eigenvalue weighted by Crippen LogP contribution is 2.21. The molecule has 1 aliphatic rings. The number of benzene rings is 1. The van der Waals surface area contributed by atoms with Gasteiger partial charge in [0, 0.05) is 19.1 Å². The van der Waals surface area contributed by atoms with E-state index in [2.05, 4.69) is 36.3 Å². The van der Waals surface area contributed by atoms with Crippen molar-refractivity contribution in [3.05, 3.63) is 35.4 Å². The number of amides is 2. The van der Waals surface area contributed by atoms with E-state index in [1.165, 1.54) is 12.8 Å². The Hall–Kier alpha value is -1.59. The summed E-state index contributed by atoms with van der Waals surface area (Å²) in [5, 5.41) is 15.3. The van der Waals surface area contributed by atoms with Gasteiger partial charge in [0.1, 0.15) is 0 Å². The van der Waals surface area contributed by atoms with Crippen LogP contribution in [0.25, 0.3) is 0 Å². The van der Waals surface area contributed by atoms with Crippen LogP contribution in [0.5, 0.6) is 0 Å². The summed E-state index contributed by atoms with van der Waals surface area (Å²) in [6, 6.07) is 7.84. The molecule has 0 saturated carbocycles. The number of aliphatic hydroxyl groups excluding tert-OH is 1. The van der Waals surface area contributed by atoms with Gasteiger partial charge in [0.2, 0.25) is 0 Å². The molecule has 2 rings (SSSR count). The second-order valence-electron chi connectivity index (χ2n) is 7.52. The molecule has 140 valence electrons. The Labute approximate surface area is 151 Å². The summed E-state index contributed by atoms with van der Waals surface area (Å²) in [5.41, 5.74) is 1.80. The fourth-order valence-electron chi connectivity index (χ4n) is 3.47. The number of nitrogens with zero attached hydrogens (tertiary/aromatic N) is 1. The molecule has 1 heterocycles. The molecule has 2 amide bonds. The topological polar surface area (TPSA) is 64.6 Å². The second kappa shape index (κ2) is 9.78. The Balaban J connectivity index is 1.80. The van der Waals surface area contributed by atoms with Crippen LogP contribution in [0.3, 0.4) is 0 Å². The van der Waals surface area contributed by atoms with Crippen molar-refractivity contribution in [3.8, 4) is 0 Å². The number of nitrogens with one attached hydrogen (secondary N) is 2. The number of carbonyl (C=O) groups is 1. The molecule has 1 aromatic rings. The third-order valence-electron chi connectivity index (χ3n) is 5.26. The van der Waals surface area contributed by atoms with E-state index < -0.39 is 0 Å². The maximum absolute atomic E-state index is 12.2. The first kappa shape index (κ1) is 19.7. The van der Waals surface area contributed by atoms with Crippen molar-refractivity contribution in [1.29, 1.82) is 0 Å². The standard InChI is InChI=1S/C20H33N3O2/c1-15(2)19(23-10-8-16(3)9-11-23)13-22-20(25)21-12-17-6-4-5-7-18(17)14-24/h4-7,15-16,19,24H,8-14H2,1-3H3,(H2,21,22,25). The first-order valence-corrected chi connectivity index (χ1v) is 9.44. The molecule has 0 bridgehead atoms. The van der Waals surface area contributed by atoms with Crippen molar-refractivity contribution >= 4 is 6.03 Å². The number of rotatable bonds is 7. The minimum atomic E-state index is -0.149. The van der Waals surface area contributed by atoms with Gasteiger partial charge >= 0.3 is 6.03 Å². The van der Waals surface area contributed by atoms with Gasteiger partial charge in [-0.3, -0.25) is 4.90 Å². The van der Waals surface area contributed by atoms with Gasteiger partial charge in [-0.1, -0.05) is 45.0 Å². The number of carbonyl (C=O) groups excluding carboxylic acids is 1. The van der Waals surface area contributed by atoms with Crippen molar-refractivity contribution < 1.29 is 9.90 Å². The Morgan fingerprint density at radius 1 is 1.20 bits per heavy atom. The van der Waals surface area contributed by atoms with Crippen LogP contribution in [0.1, 0.15) is 44.7 Å². The largest absolute Gasteiger partial charge is 0.392 e. The van der Waals surface area contributed by atoms with Gasteiger partial charge in [-0.05, 0) is 48.9 Å². The van der Waals surface area contributed by atoms with Crippen molar-refractivity contribution in [2.24, 2.45) is 11.8 Å². The van der Waals surface area contributed by atoms with Crippen LogP contribution in [-0.2, 0) is 13.2 Å². The normalized spacial score (nSPS) is 17.5. The molecule has 1 atom stereocenters. The van der Waals surface area contributed by atoms with Gasteiger partial charge in [-0.25, -0.2) is 4.79 Å².